The second-order valence-electron chi connectivity index (χ2n) is 5.67. The van der Waals surface area contributed by atoms with Crippen molar-refractivity contribution in [3.8, 4) is 11.1 Å². The van der Waals surface area contributed by atoms with Crippen molar-refractivity contribution in [2.45, 2.75) is 13.5 Å². The largest absolute Gasteiger partial charge is 0.396 e. The molecule has 3 N–H and O–H groups in total. The van der Waals surface area contributed by atoms with Crippen LogP contribution in [0.2, 0.25) is 0 Å². The molecule has 0 saturated heterocycles. The fourth-order valence-electron chi connectivity index (χ4n) is 2.76. The van der Waals surface area contributed by atoms with Crippen LogP contribution < -0.4 is 10.5 Å². The van der Waals surface area contributed by atoms with Crippen LogP contribution in [-0.2, 0) is 16.6 Å². The van der Waals surface area contributed by atoms with Crippen molar-refractivity contribution >= 4 is 32.3 Å². The van der Waals surface area contributed by atoms with Gasteiger partial charge in [0.05, 0.1) is 23.1 Å². The molecule has 3 rings (SSSR count). The zero-order valence-electron chi connectivity index (χ0n) is 13.4. The number of nitrogen functional groups attached to an aromatic ring is 1. The van der Waals surface area contributed by atoms with E-state index in [0.717, 1.165) is 28.3 Å². The molecular weight excluding hydrogens is 329 g/mol. The van der Waals surface area contributed by atoms with Crippen LogP contribution in [0.5, 0.6) is 0 Å². The van der Waals surface area contributed by atoms with E-state index in [9.17, 15) is 12.8 Å². The van der Waals surface area contributed by atoms with Gasteiger partial charge in [-0.15, -0.1) is 0 Å². The highest BCUT2D eigenvalue weighted by Crippen LogP contribution is 2.33. The van der Waals surface area contributed by atoms with E-state index in [-0.39, 0.29) is 5.69 Å². The molecule has 1 heterocycles. The van der Waals surface area contributed by atoms with Gasteiger partial charge in [0.25, 0.3) is 0 Å². The van der Waals surface area contributed by atoms with E-state index in [4.69, 9.17) is 5.73 Å². The zero-order valence-corrected chi connectivity index (χ0v) is 14.2. The molecule has 0 bridgehead atoms. The Kier molecular flexibility index (Phi) is 3.96. The van der Waals surface area contributed by atoms with E-state index in [2.05, 4.69) is 4.72 Å². The summed E-state index contributed by atoms with van der Waals surface area (Å²) in [5.74, 6) is -0.458. The summed E-state index contributed by atoms with van der Waals surface area (Å²) in [6.07, 6.45) is 3.04. The zero-order chi connectivity index (χ0) is 17.5. The van der Waals surface area contributed by atoms with Crippen molar-refractivity contribution in [3.63, 3.8) is 0 Å². The molecule has 0 aliphatic carbocycles. The summed E-state index contributed by atoms with van der Waals surface area (Å²) in [4.78, 5) is 0. The van der Waals surface area contributed by atoms with Crippen LogP contribution in [0, 0.1) is 5.82 Å². The minimum atomic E-state index is -3.34. The van der Waals surface area contributed by atoms with Crippen molar-refractivity contribution < 1.29 is 12.8 Å². The number of aromatic nitrogens is 1. The highest BCUT2D eigenvalue weighted by Gasteiger charge is 2.13. The fourth-order valence-corrected chi connectivity index (χ4v) is 3.31. The van der Waals surface area contributed by atoms with Gasteiger partial charge < -0.3 is 10.3 Å². The number of halogens is 1. The molecule has 0 aliphatic heterocycles. The predicted molar refractivity (Wildman–Crippen MR) is 95.9 cm³/mol. The first-order valence-corrected chi connectivity index (χ1v) is 9.33. The molecule has 24 heavy (non-hydrogen) atoms. The van der Waals surface area contributed by atoms with Crippen LogP contribution in [0.1, 0.15) is 6.92 Å². The molecule has 2 aromatic carbocycles. The van der Waals surface area contributed by atoms with E-state index in [1.807, 2.05) is 23.8 Å². The Morgan fingerprint density at radius 1 is 1.21 bits per heavy atom. The number of nitrogens with one attached hydrogen (secondary N) is 1. The Balaban J connectivity index is 2.18. The van der Waals surface area contributed by atoms with Gasteiger partial charge in [0.1, 0.15) is 5.82 Å². The van der Waals surface area contributed by atoms with E-state index in [1.165, 1.54) is 6.07 Å². The molecule has 0 amide bonds. The third kappa shape index (κ3) is 3.07. The van der Waals surface area contributed by atoms with Crippen molar-refractivity contribution in [2.24, 2.45) is 0 Å². The minimum Gasteiger partial charge on any atom is -0.396 e. The van der Waals surface area contributed by atoms with Crippen LogP contribution >= 0.6 is 0 Å². The predicted octanol–water partition coefficient (Wildman–Crippen LogP) is 3.42. The van der Waals surface area contributed by atoms with Gasteiger partial charge in [-0.2, -0.15) is 0 Å². The first kappa shape index (κ1) is 16.3. The lowest BCUT2D eigenvalue weighted by atomic mass is 10.0. The Bertz CT molecular complexity index is 1030. The number of hydrogen-bond acceptors (Lipinski definition) is 3. The van der Waals surface area contributed by atoms with Gasteiger partial charge in [-0.25, -0.2) is 12.8 Å². The van der Waals surface area contributed by atoms with Gasteiger partial charge in [-0.1, -0.05) is 12.1 Å². The number of nitrogens with two attached hydrogens (primary N) is 1. The number of fused-ring (bicyclic) bond motifs is 1. The molecule has 0 spiro atoms. The summed E-state index contributed by atoms with van der Waals surface area (Å²) in [7, 11) is -3.34. The SMILES string of the molecule is CCn1cc(-c2ccc(N)c(F)c2)c2ccc(NS(C)(=O)=O)cc21. The topological polar surface area (TPSA) is 77.1 Å². The van der Waals surface area contributed by atoms with Crippen molar-refractivity contribution in [3.05, 3.63) is 48.4 Å². The smallest absolute Gasteiger partial charge is 0.229 e. The molecule has 126 valence electrons. The van der Waals surface area contributed by atoms with Crippen LogP contribution in [0.15, 0.2) is 42.6 Å². The lowest BCUT2D eigenvalue weighted by Crippen LogP contribution is -2.09. The Labute approximate surface area is 140 Å². The van der Waals surface area contributed by atoms with Crippen LogP contribution in [-0.4, -0.2) is 19.2 Å². The standard InChI is InChI=1S/C17H18FN3O2S/c1-3-21-10-14(11-4-7-16(19)15(18)8-11)13-6-5-12(9-17(13)21)20-24(2,22)23/h4-10,20H,3,19H2,1-2H3. The summed E-state index contributed by atoms with van der Waals surface area (Å²) in [6.45, 7) is 2.69. The Hall–Kier alpha value is -2.54. The molecule has 3 aromatic rings. The third-order valence-electron chi connectivity index (χ3n) is 3.84. The van der Waals surface area contributed by atoms with Gasteiger partial charge in [-0.3, -0.25) is 4.72 Å². The Morgan fingerprint density at radius 3 is 2.58 bits per heavy atom. The second kappa shape index (κ2) is 5.83. The maximum absolute atomic E-state index is 13.8. The molecule has 0 aliphatic rings. The maximum atomic E-state index is 13.8. The van der Waals surface area contributed by atoms with Gasteiger partial charge in [0, 0.05) is 23.7 Å². The van der Waals surface area contributed by atoms with Crippen LogP contribution in [0.25, 0.3) is 22.0 Å². The molecule has 0 radical (unpaired) electrons. The molecule has 7 heteroatoms. The number of sulfonamides is 1. The van der Waals surface area contributed by atoms with Crippen molar-refractivity contribution in [1.82, 2.24) is 4.57 Å². The average Bonchev–Trinajstić information content (AvgIpc) is 2.86. The van der Waals surface area contributed by atoms with Crippen molar-refractivity contribution in [2.75, 3.05) is 16.7 Å². The summed E-state index contributed by atoms with van der Waals surface area (Å²) in [5, 5.41) is 0.917. The van der Waals surface area contributed by atoms with E-state index in [0.29, 0.717) is 12.2 Å². The highest BCUT2D eigenvalue weighted by molar-refractivity contribution is 7.92. The molecule has 5 nitrogen and oxygen atoms in total. The lowest BCUT2D eigenvalue weighted by Gasteiger charge is -2.06. The first-order valence-electron chi connectivity index (χ1n) is 7.44. The summed E-state index contributed by atoms with van der Waals surface area (Å²) in [5.41, 5.74) is 8.62. The van der Waals surface area contributed by atoms with Crippen molar-refractivity contribution in [1.29, 1.82) is 0 Å². The van der Waals surface area contributed by atoms with Gasteiger partial charge in [0.2, 0.25) is 10.0 Å². The van der Waals surface area contributed by atoms with Gasteiger partial charge >= 0.3 is 0 Å². The number of anilines is 2. The molecule has 0 saturated carbocycles. The molecule has 0 atom stereocenters. The number of benzene rings is 2. The van der Waals surface area contributed by atoms with E-state index >= 15 is 0 Å². The number of nitrogens with zero attached hydrogens (tertiary/aromatic N) is 1. The third-order valence-corrected chi connectivity index (χ3v) is 4.44. The van der Waals surface area contributed by atoms with E-state index < -0.39 is 15.8 Å². The summed E-state index contributed by atoms with van der Waals surface area (Å²) < 4.78 is 41.1. The summed E-state index contributed by atoms with van der Waals surface area (Å²) in [6, 6.07) is 10.0. The van der Waals surface area contributed by atoms with E-state index in [1.54, 1.807) is 24.3 Å². The molecular formula is C17H18FN3O2S. The first-order chi connectivity index (χ1) is 11.3. The van der Waals surface area contributed by atoms with Gasteiger partial charge in [0.15, 0.2) is 0 Å². The Morgan fingerprint density at radius 2 is 1.96 bits per heavy atom. The highest BCUT2D eigenvalue weighted by atomic mass is 32.2. The second-order valence-corrected chi connectivity index (χ2v) is 7.42. The molecule has 0 unspecified atom stereocenters. The fraction of sp³-hybridized carbons (Fsp3) is 0.176. The number of hydrogen-bond donors (Lipinski definition) is 2. The molecule has 0 fully saturated rings. The maximum Gasteiger partial charge on any atom is 0.229 e. The quantitative estimate of drug-likeness (QED) is 0.710. The summed E-state index contributed by atoms with van der Waals surface area (Å²) >= 11 is 0. The molecule has 1 aromatic heterocycles. The minimum absolute atomic E-state index is 0.109. The average molecular weight is 347 g/mol. The monoisotopic (exact) mass is 347 g/mol. The lowest BCUT2D eigenvalue weighted by molar-refractivity contribution is 0.607. The normalized spacial score (nSPS) is 11.8. The number of rotatable bonds is 4. The van der Waals surface area contributed by atoms with Crippen LogP contribution in [0.4, 0.5) is 15.8 Å². The van der Waals surface area contributed by atoms with Gasteiger partial charge in [-0.05, 0) is 36.8 Å². The number of aryl methyl sites for hydroxylation is 1. The van der Waals surface area contributed by atoms with Crippen LogP contribution in [0.3, 0.4) is 0 Å².